The first-order chi connectivity index (χ1) is 10.8. The summed E-state index contributed by atoms with van der Waals surface area (Å²) in [6.07, 6.45) is 0. The van der Waals surface area contributed by atoms with Gasteiger partial charge in [0, 0.05) is 17.9 Å². The second-order valence-corrected chi connectivity index (χ2v) is 6.79. The van der Waals surface area contributed by atoms with E-state index in [2.05, 4.69) is 27.6 Å². The monoisotopic (exact) mass is 331 g/mol. The fraction of sp³-hybridized carbons (Fsp3) is 0.125. The zero-order valence-electron chi connectivity index (χ0n) is 11.7. The molecule has 0 amide bonds. The van der Waals surface area contributed by atoms with Crippen molar-refractivity contribution in [2.75, 3.05) is 5.32 Å². The van der Waals surface area contributed by atoms with Crippen LogP contribution < -0.4 is 5.32 Å². The molecule has 3 rings (SSSR count). The lowest BCUT2D eigenvalue weighted by molar-refractivity contribution is 0.613. The van der Waals surface area contributed by atoms with Crippen LogP contribution in [0.4, 0.5) is 9.52 Å². The maximum Gasteiger partial charge on any atom is 0.206 e. The van der Waals surface area contributed by atoms with Gasteiger partial charge in [-0.3, -0.25) is 0 Å². The van der Waals surface area contributed by atoms with Crippen LogP contribution in [0, 0.1) is 5.82 Å². The maximum atomic E-state index is 13.5. The fourth-order valence-electron chi connectivity index (χ4n) is 1.87. The quantitative estimate of drug-likeness (QED) is 0.671. The van der Waals surface area contributed by atoms with E-state index in [9.17, 15) is 4.39 Å². The van der Waals surface area contributed by atoms with Crippen LogP contribution in [-0.2, 0) is 12.3 Å². The lowest BCUT2D eigenvalue weighted by atomic mass is 10.2. The predicted molar refractivity (Wildman–Crippen MR) is 89.6 cm³/mol. The molecule has 1 N–H and O–H groups in total. The Hall–Kier alpha value is -1.92. The van der Waals surface area contributed by atoms with Crippen LogP contribution in [0.15, 0.2) is 58.9 Å². The van der Waals surface area contributed by atoms with Crippen LogP contribution >= 0.6 is 23.1 Å². The van der Waals surface area contributed by atoms with Crippen molar-refractivity contribution in [2.45, 2.75) is 16.6 Å². The molecule has 22 heavy (non-hydrogen) atoms. The Morgan fingerprint density at radius 1 is 1.00 bits per heavy atom. The van der Waals surface area contributed by atoms with Gasteiger partial charge in [0.2, 0.25) is 5.13 Å². The summed E-state index contributed by atoms with van der Waals surface area (Å²) in [5.74, 6) is 0.654. The van der Waals surface area contributed by atoms with Crippen LogP contribution in [0.2, 0.25) is 0 Å². The molecule has 0 bridgehead atoms. The molecule has 0 aliphatic carbocycles. The van der Waals surface area contributed by atoms with Crippen LogP contribution in [-0.4, -0.2) is 10.2 Å². The third-order valence-electron chi connectivity index (χ3n) is 3.00. The zero-order valence-corrected chi connectivity index (χ0v) is 13.3. The molecule has 6 heteroatoms. The summed E-state index contributed by atoms with van der Waals surface area (Å²) in [6.45, 7) is 0.407. The molecule has 3 nitrogen and oxygen atoms in total. The van der Waals surface area contributed by atoms with Crippen molar-refractivity contribution in [1.82, 2.24) is 10.2 Å². The highest BCUT2D eigenvalue weighted by atomic mass is 32.2. The third-order valence-corrected chi connectivity index (χ3v) is 5.08. The summed E-state index contributed by atoms with van der Waals surface area (Å²) in [7, 11) is 0. The molecule has 0 unspecified atom stereocenters. The molecule has 1 aromatic heterocycles. The van der Waals surface area contributed by atoms with Gasteiger partial charge >= 0.3 is 0 Å². The first kappa shape index (κ1) is 15.0. The molecule has 112 valence electrons. The third kappa shape index (κ3) is 4.05. The molecule has 0 saturated heterocycles. The number of anilines is 1. The van der Waals surface area contributed by atoms with Crippen LogP contribution in [0.1, 0.15) is 11.1 Å². The zero-order chi connectivity index (χ0) is 15.2. The maximum absolute atomic E-state index is 13.5. The minimum absolute atomic E-state index is 0.210. The molecule has 2 aromatic carbocycles. The summed E-state index contributed by atoms with van der Waals surface area (Å²) in [5.41, 5.74) is 1.87. The molecular formula is C16H14FN3S2. The number of thioether (sulfide) groups is 1. The van der Waals surface area contributed by atoms with E-state index in [1.807, 2.05) is 24.3 Å². The smallest absolute Gasteiger partial charge is 0.206 e. The lowest BCUT2D eigenvalue weighted by Crippen LogP contribution is -2.01. The SMILES string of the molecule is Fc1ccccc1CNc1nnc(SCc2ccccc2)s1. The molecule has 0 aliphatic heterocycles. The van der Waals surface area contributed by atoms with E-state index in [1.54, 1.807) is 23.9 Å². The van der Waals surface area contributed by atoms with Crippen LogP contribution in [0.5, 0.6) is 0 Å². The van der Waals surface area contributed by atoms with Crippen LogP contribution in [0.3, 0.4) is 0 Å². The van der Waals surface area contributed by atoms with Gasteiger partial charge in [-0.1, -0.05) is 71.6 Å². The van der Waals surface area contributed by atoms with Crippen molar-refractivity contribution in [3.8, 4) is 0 Å². The fourth-order valence-corrected chi connectivity index (χ4v) is 3.57. The number of nitrogens with one attached hydrogen (secondary N) is 1. The minimum atomic E-state index is -0.210. The molecule has 3 aromatic rings. The normalized spacial score (nSPS) is 10.6. The van der Waals surface area contributed by atoms with Crippen molar-refractivity contribution in [2.24, 2.45) is 0 Å². The lowest BCUT2D eigenvalue weighted by Gasteiger charge is -2.02. The van der Waals surface area contributed by atoms with Gasteiger partial charge in [0.25, 0.3) is 0 Å². The highest BCUT2D eigenvalue weighted by Crippen LogP contribution is 2.28. The van der Waals surface area contributed by atoms with E-state index >= 15 is 0 Å². The Balaban J connectivity index is 1.54. The molecule has 0 fully saturated rings. The van der Waals surface area contributed by atoms with Gasteiger partial charge in [0.05, 0.1) is 0 Å². The molecule has 1 heterocycles. The molecule has 0 saturated carbocycles. The Bertz CT molecular complexity index is 731. The molecule has 0 atom stereocenters. The van der Waals surface area contributed by atoms with E-state index in [0.717, 1.165) is 10.1 Å². The summed E-state index contributed by atoms with van der Waals surface area (Å²) < 4.78 is 14.4. The number of rotatable bonds is 6. The summed E-state index contributed by atoms with van der Waals surface area (Å²) in [6, 6.07) is 16.9. The van der Waals surface area contributed by atoms with Gasteiger partial charge in [0.1, 0.15) is 5.82 Å². The largest absolute Gasteiger partial charge is 0.356 e. The predicted octanol–water partition coefficient (Wildman–Crippen LogP) is 4.58. The van der Waals surface area contributed by atoms with E-state index < -0.39 is 0 Å². The number of aromatic nitrogens is 2. The molecule has 0 spiro atoms. The topological polar surface area (TPSA) is 37.8 Å². The summed E-state index contributed by atoms with van der Waals surface area (Å²) >= 11 is 3.13. The van der Waals surface area contributed by atoms with E-state index in [4.69, 9.17) is 0 Å². The Labute approximate surface area is 136 Å². The van der Waals surface area contributed by atoms with Crippen molar-refractivity contribution in [3.63, 3.8) is 0 Å². The average molecular weight is 331 g/mol. The van der Waals surface area contributed by atoms with Gasteiger partial charge in [-0.25, -0.2) is 4.39 Å². The molecule has 0 aliphatic rings. The first-order valence-electron chi connectivity index (χ1n) is 6.79. The number of nitrogens with zero attached hydrogens (tertiary/aromatic N) is 2. The number of halogens is 1. The van der Waals surface area contributed by atoms with Gasteiger partial charge in [0.15, 0.2) is 4.34 Å². The van der Waals surface area contributed by atoms with Crippen molar-refractivity contribution in [3.05, 3.63) is 71.5 Å². The molecule has 0 radical (unpaired) electrons. The molecular weight excluding hydrogens is 317 g/mol. The average Bonchev–Trinajstić information content (AvgIpc) is 3.01. The van der Waals surface area contributed by atoms with E-state index in [1.165, 1.54) is 23.0 Å². The second-order valence-electron chi connectivity index (χ2n) is 4.59. The van der Waals surface area contributed by atoms with Crippen molar-refractivity contribution < 1.29 is 4.39 Å². The van der Waals surface area contributed by atoms with E-state index in [0.29, 0.717) is 17.2 Å². The Kier molecular flexibility index (Phi) is 5.03. The minimum Gasteiger partial charge on any atom is -0.356 e. The highest BCUT2D eigenvalue weighted by Gasteiger charge is 2.06. The number of hydrogen-bond acceptors (Lipinski definition) is 5. The Morgan fingerprint density at radius 2 is 1.77 bits per heavy atom. The van der Waals surface area contributed by atoms with Crippen molar-refractivity contribution in [1.29, 1.82) is 0 Å². The van der Waals surface area contributed by atoms with Gasteiger partial charge < -0.3 is 5.32 Å². The Morgan fingerprint density at radius 3 is 2.59 bits per heavy atom. The number of hydrogen-bond donors (Lipinski definition) is 1. The summed E-state index contributed by atoms with van der Waals surface area (Å²) in [5, 5.41) is 12.0. The van der Waals surface area contributed by atoms with E-state index in [-0.39, 0.29) is 5.82 Å². The second kappa shape index (κ2) is 7.38. The van der Waals surface area contributed by atoms with Gasteiger partial charge in [-0.05, 0) is 11.6 Å². The summed E-state index contributed by atoms with van der Waals surface area (Å²) in [4.78, 5) is 0. The van der Waals surface area contributed by atoms with Gasteiger partial charge in [-0.15, -0.1) is 10.2 Å². The van der Waals surface area contributed by atoms with Crippen LogP contribution in [0.25, 0.3) is 0 Å². The van der Waals surface area contributed by atoms with Crippen molar-refractivity contribution >= 4 is 28.2 Å². The van der Waals surface area contributed by atoms with Gasteiger partial charge in [-0.2, -0.15) is 0 Å². The standard InChI is InChI=1S/C16H14FN3S2/c17-14-9-5-4-8-13(14)10-18-15-19-20-16(22-15)21-11-12-6-2-1-3-7-12/h1-9H,10-11H2,(H,18,19). The number of benzene rings is 2. The highest BCUT2D eigenvalue weighted by molar-refractivity contribution is 8.00. The first-order valence-corrected chi connectivity index (χ1v) is 8.59.